The molecule has 14 nitrogen and oxygen atoms in total. The maximum absolute atomic E-state index is 11.4. The molecule has 14 heteroatoms. The molecular weight excluding hydrogens is 540 g/mol. The molecule has 2 fully saturated rings. The molecule has 4 aromatic heterocycles. The number of nitrogens with zero attached hydrogens (tertiary/aromatic N) is 7. The summed E-state index contributed by atoms with van der Waals surface area (Å²) in [5.74, 6) is 0.634. The summed E-state index contributed by atoms with van der Waals surface area (Å²) in [4.78, 5) is 27.0. The van der Waals surface area contributed by atoms with Crippen molar-refractivity contribution in [2.45, 2.75) is 37.8 Å². The van der Waals surface area contributed by atoms with Gasteiger partial charge in [-0.25, -0.2) is 18.8 Å². The normalized spacial score (nSPS) is 21.0. The summed E-state index contributed by atoms with van der Waals surface area (Å²) >= 11 is 0. The number of alkyl carbamates (subject to hydrolysis) is 1. The molecule has 2 aliphatic carbocycles. The number of carbonyl (C=O) groups excluding carboxylic acids is 1. The van der Waals surface area contributed by atoms with Crippen LogP contribution in [0, 0.1) is 23.2 Å². The van der Waals surface area contributed by atoms with Gasteiger partial charge in [0.15, 0.2) is 0 Å². The number of methoxy groups -OCH3 is 1. The Balaban J connectivity index is 1.22. The molecule has 0 saturated heterocycles. The molecule has 0 bridgehead atoms. The molecule has 42 heavy (non-hydrogen) atoms. The van der Waals surface area contributed by atoms with Crippen LogP contribution < -0.4 is 16.0 Å². The number of anilines is 1. The summed E-state index contributed by atoms with van der Waals surface area (Å²) in [6.07, 6.45) is 7.22. The van der Waals surface area contributed by atoms with Crippen LogP contribution in [0.1, 0.15) is 37.3 Å². The average molecular weight is 571 g/mol. The van der Waals surface area contributed by atoms with Gasteiger partial charge in [-0.3, -0.25) is 4.98 Å². The quantitative estimate of drug-likeness (QED) is 0.233. The lowest BCUT2D eigenvalue weighted by Crippen LogP contribution is -2.41. The van der Waals surface area contributed by atoms with E-state index in [4.69, 9.17) is 10.1 Å². The Morgan fingerprint density at radius 3 is 2.64 bits per heavy atom. The van der Waals surface area contributed by atoms with Crippen LogP contribution in [-0.2, 0) is 4.74 Å². The molecule has 2 saturated carbocycles. The van der Waals surface area contributed by atoms with Gasteiger partial charge in [0.2, 0.25) is 0 Å². The van der Waals surface area contributed by atoms with Gasteiger partial charge in [0, 0.05) is 36.6 Å². The van der Waals surface area contributed by atoms with Crippen molar-refractivity contribution in [1.82, 2.24) is 40.2 Å². The van der Waals surface area contributed by atoms with Gasteiger partial charge in [-0.2, -0.15) is 10.4 Å². The summed E-state index contributed by atoms with van der Waals surface area (Å²) in [7, 11) is 1.35. The number of ether oxygens (including phenoxy) is 1. The Kier molecular flexibility index (Phi) is 7.30. The van der Waals surface area contributed by atoms with Crippen LogP contribution in [0.2, 0.25) is 0 Å². The first-order valence-corrected chi connectivity index (χ1v) is 13.8. The first kappa shape index (κ1) is 27.0. The molecule has 216 valence electrons. The van der Waals surface area contributed by atoms with Crippen molar-refractivity contribution in [3.05, 3.63) is 48.4 Å². The highest BCUT2D eigenvalue weighted by Gasteiger charge is 2.33. The van der Waals surface area contributed by atoms with Crippen LogP contribution in [0.25, 0.3) is 28.2 Å². The summed E-state index contributed by atoms with van der Waals surface area (Å²) in [6.45, 7) is 0.996. The molecule has 0 unspecified atom stereocenters. The monoisotopic (exact) mass is 570 g/mol. The minimum absolute atomic E-state index is 0.171. The highest BCUT2D eigenvalue weighted by atomic mass is 16.5. The van der Waals surface area contributed by atoms with Gasteiger partial charge in [0.05, 0.1) is 48.0 Å². The summed E-state index contributed by atoms with van der Waals surface area (Å²) in [6, 6.07) is 10.0. The topological polar surface area (TPSA) is 184 Å². The largest absolute Gasteiger partial charge is 0.465 e. The predicted molar refractivity (Wildman–Crippen MR) is 150 cm³/mol. The molecule has 2 amide bonds. The van der Waals surface area contributed by atoms with Crippen molar-refractivity contribution >= 4 is 23.4 Å². The summed E-state index contributed by atoms with van der Waals surface area (Å²) in [5, 5.41) is 40.3. The Morgan fingerprint density at radius 1 is 1.10 bits per heavy atom. The molecular formula is C28H30N10O4. The molecule has 0 atom stereocenters. The second-order valence-corrected chi connectivity index (χ2v) is 10.8. The number of amides is 2. The average Bonchev–Trinajstić information content (AvgIpc) is 3.60. The molecule has 0 aliphatic heterocycles. The van der Waals surface area contributed by atoms with Gasteiger partial charge in [-0.1, -0.05) is 5.21 Å². The third-order valence-corrected chi connectivity index (χ3v) is 8.02. The van der Waals surface area contributed by atoms with E-state index in [9.17, 15) is 14.9 Å². The van der Waals surface area contributed by atoms with Gasteiger partial charge >= 0.3 is 12.2 Å². The lowest BCUT2D eigenvalue weighted by Gasteiger charge is -2.36. The fourth-order valence-corrected chi connectivity index (χ4v) is 5.61. The van der Waals surface area contributed by atoms with E-state index in [1.54, 1.807) is 16.8 Å². The summed E-state index contributed by atoms with van der Waals surface area (Å²) < 4.78 is 8.26. The zero-order chi connectivity index (χ0) is 29.2. The van der Waals surface area contributed by atoms with Crippen molar-refractivity contribution in [3.63, 3.8) is 0 Å². The van der Waals surface area contributed by atoms with Crippen LogP contribution in [-0.4, -0.2) is 73.1 Å². The molecule has 4 aromatic rings. The van der Waals surface area contributed by atoms with Crippen molar-refractivity contribution < 1.29 is 19.4 Å². The van der Waals surface area contributed by atoms with Crippen LogP contribution in [0.15, 0.2) is 42.9 Å². The lowest BCUT2D eigenvalue weighted by atomic mass is 9.80. The van der Waals surface area contributed by atoms with Gasteiger partial charge in [-0.15, -0.1) is 5.10 Å². The number of rotatable bonds is 9. The third-order valence-electron chi connectivity index (χ3n) is 8.02. The van der Waals surface area contributed by atoms with Crippen molar-refractivity contribution in [1.29, 1.82) is 5.26 Å². The van der Waals surface area contributed by atoms with E-state index >= 15 is 0 Å². The number of nitrogens with one attached hydrogen (secondary N) is 3. The van der Waals surface area contributed by atoms with Crippen molar-refractivity contribution in [3.8, 4) is 28.7 Å². The van der Waals surface area contributed by atoms with Crippen molar-refractivity contribution in [2.24, 2.45) is 11.8 Å². The SMILES string of the molecule is COC(=O)NCC1CC(n2cc(-c3cnc(-c4ccc5cc(C#N)cnn45)cc3NC3CC(CNC(=O)O)C3)nn2)C1. The lowest BCUT2D eigenvalue weighted by molar-refractivity contribution is 0.150. The maximum atomic E-state index is 11.4. The fourth-order valence-electron chi connectivity index (χ4n) is 5.61. The second kappa shape index (κ2) is 11.4. The van der Waals surface area contributed by atoms with Crippen LogP contribution >= 0.6 is 0 Å². The zero-order valence-electron chi connectivity index (χ0n) is 22.9. The smallest absolute Gasteiger partial charge is 0.406 e. The first-order valence-electron chi connectivity index (χ1n) is 13.8. The Bertz CT molecular complexity index is 1660. The highest BCUT2D eigenvalue weighted by Crippen LogP contribution is 2.39. The Labute approximate surface area is 240 Å². The van der Waals surface area contributed by atoms with Gasteiger partial charge in [0.1, 0.15) is 11.8 Å². The first-order chi connectivity index (χ1) is 20.4. The third kappa shape index (κ3) is 5.53. The number of fused-ring (bicyclic) bond motifs is 1. The van der Waals surface area contributed by atoms with Crippen molar-refractivity contribution in [2.75, 3.05) is 25.5 Å². The van der Waals surface area contributed by atoms with Crippen LogP contribution in [0.5, 0.6) is 0 Å². The van der Waals surface area contributed by atoms with Gasteiger partial charge in [-0.05, 0) is 61.8 Å². The van der Waals surface area contributed by atoms with Crippen LogP contribution in [0.3, 0.4) is 0 Å². The molecule has 0 aromatic carbocycles. The van der Waals surface area contributed by atoms with E-state index in [1.165, 1.54) is 13.3 Å². The van der Waals surface area contributed by atoms with E-state index in [2.05, 4.69) is 42.2 Å². The predicted octanol–water partition coefficient (Wildman–Crippen LogP) is 3.29. The molecule has 2 aliphatic rings. The van der Waals surface area contributed by atoms with E-state index in [0.717, 1.165) is 48.1 Å². The van der Waals surface area contributed by atoms with E-state index in [0.29, 0.717) is 36.0 Å². The molecule has 6 rings (SSSR count). The molecule has 0 radical (unpaired) electrons. The van der Waals surface area contributed by atoms with Gasteiger partial charge < -0.3 is 25.8 Å². The number of pyridine rings is 1. The van der Waals surface area contributed by atoms with E-state index < -0.39 is 12.2 Å². The number of hydrogen-bond donors (Lipinski definition) is 4. The summed E-state index contributed by atoms with van der Waals surface area (Å²) in [5.41, 5.74) is 5.10. The molecule has 4 N–H and O–H groups in total. The minimum Gasteiger partial charge on any atom is -0.465 e. The molecule has 0 spiro atoms. The van der Waals surface area contributed by atoms with E-state index in [1.807, 2.05) is 29.1 Å². The molecule has 4 heterocycles. The number of aromatic nitrogens is 6. The number of nitriles is 1. The van der Waals surface area contributed by atoms with Gasteiger partial charge in [0.25, 0.3) is 0 Å². The van der Waals surface area contributed by atoms with Crippen LogP contribution in [0.4, 0.5) is 15.3 Å². The fraction of sp³-hybridized carbons (Fsp3) is 0.393. The highest BCUT2D eigenvalue weighted by molar-refractivity contribution is 5.79. The second-order valence-electron chi connectivity index (χ2n) is 10.8. The van der Waals surface area contributed by atoms with E-state index in [-0.39, 0.29) is 18.0 Å². The Hall–Kier alpha value is -5.19. The standard InChI is InChI=1S/C28H30N10O4/c1-42-28(41)32-12-17-6-21(7-17)37-15-25(35-36-37)22-14-30-24(26-3-2-20-8-18(10-29)13-33-38(20)26)9-23(22)34-19-4-16(5-19)11-31-27(39)40/h2-3,8-9,13-17,19,21,31H,4-7,11-12H2,1H3,(H,30,34)(H,32,41)(H,39,40). The number of hydrogen-bond acceptors (Lipinski definition) is 9. The minimum atomic E-state index is -1.01. The number of carboxylic acid groups (broad SMARTS) is 1. The maximum Gasteiger partial charge on any atom is 0.406 e. The number of carbonyl (C=O) groups is 2. The Morgan fingerprint density at radius 2 is 1.88 bits per heavy atom. The zero-order valence-corrected chi connectivity index (χ0v) is 22.9.